The number of carbonyl (C=O) groups excluding carboxylic acids is 1. The molecule has 0 unspecified atom stereocenters. The zero-order valence-electron chi connectivity index (χ0n) is 20.3. The lowest BCUT2D eigenvalue weighted by Crippen LogP contribution is -2.45. The van der Waals surface area contributed by atoms with E-state index in [4.69, 9.17) is 28.2 Å². The van der Waals surface area contributed by atoms with Gasteiger partial charge in [-0.2, -0.15) is 0 Å². The van der Waals surface area contributed by atoms with Crippen molar-refractivity contribution in [3.8, 4) is 17.1 Å². The van der Waals surface area contributed by atoms with E-state index in [0.29, 0.717) is 39.4 Å². The number of anilines is 1. The lowest BCUT2D eigenvalue weighted by Gasteiger charge is -2.33. The van der Waals surface area contributed by atoms with Crippen LogP contribution in [-0.2, 0) is 4.79 Å². The summed E-state index contributed by atoms with van der Waals surface area (Å²) >= 11 is 12.8. The Bertz CT molecular complexity index is 1380. The van der Waals surface area contributed by atoms with Crippen molar-refractivity contribution >= 4 is 46.1 Å². The molecule has 0 saturated carbocycles. The second-order valence-electron chi connectivity index (χ2n) is 9.52. The first-order valence-electron chi connectivity index (χ1n) is 12.2. The maximum Gasteiger partial charge on any atom is 0.220 e. The Morgan fingerprint density at radius 1 is 1.06 bits per heavy atom. The minimum absolute atomic E-state index is 0.124. The van der Waals surface area contributed by atoms with E-state index in [9.17, 15) is 4.79 Å². The van der Waals surface area contributed by atoms with Gasteiger partial charge in [-0.15, -0.1) is 0 Å². The summed E-state index contributed by atoms with van der Waals surface area (Å²) in [4.78, 5) is 28.7. The van der Waals surface area contributed by atoms with Crippen molar-refractivity contribution in [3.05, 3.63) is 64.9 Å². The minimum atomic E-state index is 0.124. The van der Waals surface area contributed by atoms with E-state index < -0.39 is 0 Å². The largest absolute Gasteiger partial charge is 0.355 e. The first-order valence-corrected chi connectivity index (χ1v) is 12.9. The fraction of sp³-hybridized carbons (Fsp3) is 0.333. The number of nitrogens with one attached hydrogen (secondary N) is 1. The summed E-state index contributed by atoms with van der Waals surface area (Å²) < 4.78 is 2.00. The SMILES string of the molecule is CC(C)CC(=O)NC1CCN(c2ncnc3c2nc(-c2ccccc2Cl)n3-c2ccc(Cl)cc2)CC1. The Labute approximate surface area is 220 Å². The van der Waals surface area contributed by atoms with Crippen LogP contribution in [0.4, 0.5) is 5.82 Å². The van der Waals surface area contributed by atoms with Crippen molar-refractivity contribution < 1.29 is 4.79 Å². The third-order valence-electron chi connectivity index (χ3n) is 6.38. The van der Waals surface area contributed by atoms with Gasteiger partial charge in [0.25, 0.3) is 0 Å². The van der Waals surface area contributed by atoms with E-state index >= 15 is 0 Å². The van der Waals surface area contributed by atoms with Gasteiger partial charge in [0.2, 0.25) is 5.91 Å². The van der Waals surface area contributed by atoms with Gasteiger partial charge in [-0.05, 0) is 55.2 Å². The molecule has 9 heteroatoms. The average molecular weight is 523 g/mol. The van der Waals surface area contributed by atoms with Crippen molar-refractivity contribution in [1.29, 1.82) is 0 Å². The molecule has 1 amide bonds. The summed E-state index contributed by atoms with van der Waals surface area (Å²) in [6.07, 6.45) is 3.84. The normalized spacial score (nSPS) is 14.5. The molecule has 2 aromatic carbocycles. The van der Waals surface area contributed by atoms with Gasteiger partial charge in [-0.1, -0.05) is 49.2 Å². The van der Waals surface area contributed by atoms with Gasteiger partial charge in [0, 0.05) is 41.8 Å². The van der Waals surface area contributed by atoms with Gasteiger partial charge < -0.3 is 10.2 Å². The van der Waals surface area contributed by atoms with E-state index in [2.05, 4.69) is 34.0 Å². The van der Waals surface area contributed by atoms with Crippen molar-refractivity contribution in [1.82, 2.24) is 24.8 Å². The third-order valence-corrected chi connectivity index (χ3v) is 6.96. The molecule has 36 heavy (non-hydrogen) atoms. The molecular formula is C27H28Cl2N6O. The van der Waals surface area contributed by atoms with Crippen LogP contribution in [0.3, 0.4) is 0 Å². The van der Waals surface area contributed by atoms with E-state index in [1.54, 1.807) is 6.33 Å². The molecule has 7 nitrogen and oxygen atoms in total. The van der Waals surface area contributed by atoms with E-state index in [1.807, 2.05) is 53.1 Å². The highest BCUT2D eigenvalue weighted by Gasteiger charge is 2.26. The van der Waals surface area contributed by atoms with Crippen LogP contribution in [0.15, 0.2) is 54.9 Å². The fourth-order valence-corrected chi connectivity index (χ4v) is 5.01. The first kappa shape index (κ1) is 24.5. The molecule has 0 bridgehead atoms. The number of carbonyl (C=O) groups is 1. The summed E-state index contributed by atoms with van der Waals surface area (Å²) in [5.74, 6) is 1.95. The van der Waals surface area contributed by atoms with Crippen LogP contribution in [0, 0.1) is 5.92 Å². The summed E-state index contributed by atoms with van der Waals surface area (Å²) in [5, 5.41) is 4.44. The quantitative estimate of drug-likeness (QED) is 0.340. The summed E-state index contributed by atoms with van der Waals surface area (Å²) in [6.45, 7) is 5.66. The highest BCUT2D eigenvalue weighted by molar-refractivity contribution is 6.33. The monoisotopic (exact) mass is 522 g/mol. The van der Waals surface area contributed by atoms with Crippen molar-refractivity contribution in [2.45, 2.75) is 39.2 Å². The maximum absolute atomic E-state index is 12.2. The minimum Gasteiger partial charge on any atom is -0.355 e. The zero-order valence-corrected chi connectivity index (χ0v) is 21.8. The van der Waals surface area contributed by atoms with Gasteiger partial charge in [0.15, 0.2) is 17.0 Å². The molecule has 186 valence electrons. The number of imidazole rings is 1. The Morgan fingerprint density at radius 3 is 2.47 bits per heavy atom. The predicted octanol–water partition coefficient (Wildman–Crippen LogP) is 5.92. The molecule has 4 aromatic rings. The number of aromatic nitrogens is 4. The number of nitrogens with zero attached hydrogens (tertiary/aromatic N) is 5. The molecule has 1 N–H and O–H groups in total. The molecule has 0 atom stereocenters. The van der Waals surface area contributed by atoms with E-state index in [-0.39, 0.29) is 11.9 Å². The number of fused-ring (bicyclic) bond motifs is 1. The Hall–Kier alpha value is -3.16. The summed E-state index contributed by atoms with van der Waals surface area (Å²) in [7, 11) is 0. The number of hydrogen-bond donors (Lipinski definition) is 1. The Balaban J connectivity index is 1.51. The predicted molar refractivity (Wildman–Crippen MR) is 145 cm³/mol. The molecule has 1 aliphatic heterocycles. The molecule has 1 fully saturated rings. The number of benzene rings is 2. The van der Waals surface area contributed by atoms with Crippen LogP contribution in [0.5, 0.6) is 0 Å². The first-order chi connectivity index (χ1) is 17.4. The number of amides is 1. The molecule has 0 radical (unpaired) electrons. The molecule has 1 saturated heterocycles. The number of piperidine rings is 1. The second-order valence-corrected chi connectivity index (χ2v) is 10.4. The number of rotatable bonds is 6. The van der Waals surface area contributed by atoms with Gasteiger partial charge in [0.05, 0.1) is 5.02 Å². The summed E-state index contributed by atoms with van der Waals surface area (Å²) in [6, 6.07) is 15.4. The highest BCUT2D eigenvalue weighted by Crippen LogP contribution is 2.35. The van der Waals surface area contributed by atoms with Crippen LogP contribution < -0.4 is 10.2 Å². The lowest BCUT2D eigenvalue weighted by molar-refractivity contribution is -0.122. The van der Waals surface area contributed by atoms with Gasteiger partial charge in [-0.25, -0.2) is 15.0 Å². The fourth-order valence-electron chi connectivity index (χ4n) is 4.66. The number of hydrogen-bond acceptors (Lipinski definition) is 5. The molecular weight excluding hydrogens is 495 g/mol. The molecule has 0 aliphatic carbocycles. The van der Waals surface area contributed by atoms with Crippen molar-refractivity contribution in [2.24, 2.45) is 5.92 Å². The summed E-state index contributed by atoms with van der Waals surface area (Å²) in [5.41, 5.74) is 3.10. The Morgan fingerprint density at radius 2 is 1.78 bits per heavy atom. The molecule has 2 aromatic heterocycles. The van der Waals surface area contributed by atoms with E-state index in [0.717, 1.165) is 43.0 Å². The van der Waals surface area contributed by atoms with Crippen LogP contribution >= 0.6 is 23.2 Å². The van der Waals surface area contributed by atoms with Crippen molar-refractivity contribution in [3.63, 3.8) is 0 Å². The molecule has 0 spiro atoms. The Kier molecular flexibility index (Phi) is 7.12. The average Bonchev–Trinajstić information content (AvgIpc) is 3.24. The smallest absolute Gasteiger partial charge is 0.220 e. The van der Waals surface area contributed by atoms with Crippen LogP contribution in [0.2, 0.25) is 10.0 Å². The third kappa shape index (κ3) is 5.04. The van der Waals surface area contributed by atoms with Gasteiger partial charge in [0.1, 0.15) is 12.2 Å². The van der Waals surface area contributed by atoms with Crippen LogP contribution in [0.25, 0.3) is 28.2 Å². The van der Waals surface area contributed by atoms with E-state index in [1.165, 1.54) is 0 Å². The highest BCUT2D eigenvalue weighted by atomic mass is 35.5. The van der Waals surface area contributed by atoms with Crippen LogP contribution in [0.1, 0.15) is 33.1 Å². The van der Waals surface area contributed by atoms with Gasteiger partial charge >= 0.3 is 0 Å². The zero-order chi connectivity index (χ0) is 25.2. The van der Waals surface area contributed by atoms with Crippen LogP contribution in [-0.4, -0.2) is 44.6 Å². The topological polar surface area (TPSA) is 75.9 Å². The number of halogens is 2. The molecule has 3 heterocycles. The lowest BCUT2D eigenvalue weighted by atomic mass is 10.0. The maximum atomic E-state index is 12.2. The standard InChI is InChI=1S/C27H28Cl2N6O/c1-17(2)15-23(36)32-19-11-13-34(14-12-19)26-24-27(31-16-30-26)35(20-9-7-18(28)8-10-20)25(33-24)21-5-3-4-6-22(21)29/h3-10,16-17,19H,11-15H2,1-2H3,(H,32,36). The molecule has 5 rings (SSSR count). The van der Waals surface area contributed by atoms with Gasteiger partial charge in [-0.3, -0.25) is 9.36 Å². The second kappa shape index (κ2) is 10.4. The van der Waals surface area contributed by atoms with Crippen molar-refractivity contribution in [2.75, 3.05) is 18.0 Å². The molecule has 1 aliphatic rings.